The SMILES string of the molecule is Cn1nc(C2(C)COC2)cc1NC(=O)Cc1ccc(Sc2ccncc2)cc1. The zero-order chi connectivity index (χ0) is 19.6. The van der Waals surface area contributed by atoms with Gasteiger partial charge in [0.15, 0.2) is 0 Å². The Bertz CT molecular complexity index is 966. The maximum absolute atomic E-state index is 12.5. The Balaban J connectivity index is 1.36. The Morgan fingerprint density at radius 2 is 1.86 bits per heavy atom. The first-order valence-corrected chi connectivity index (χ1v) is 9.92. The first-order chi connectivity index (χ1) is 13.5. The minimum absolute atomic E-state index is 0.0525. The van der Waals surface area contributed by atoms with Crippen LogP contribution in [0.3, 0.4) is 0 Å². The summed E-state index contributed by atoms with van der Waals surface area (Å²) >= 11 is 1.67. The van der Waals surface area contributed by atoms with Gasteiger partial charge in [-0.2, -0.15) is 5.10 Å². The Morgan fingerprint density at radius 3 is 2.50 bits per heavy atom. The largest absolute Gasteiger partial charge is 0.379 e. The van der Waals surface area contributed by atoms with Crippen molar-refractivity contribution in [1.29, 1.82) is 0 Å². The average molecular weight is 395 g/mol. The summed E-state index contributed by atoms with van der Waals surface area (Å²) < 4.78 is 7.02. The molecule has 0 unspecified atom stereocenters. The van der Waals surface area contributed by atoms with Gasteiger partial charge in [-0.15, -0.1) is 0 Å². The number of nitrogens with one attached hydrogen (secondary N) is 1. The summed E-state index contributed by atoms with van der Waals surface area (Å²) in [5.74, 6) is 0.650. The van der Waals surface area contributed by atoms with Gasteiger partial charge in [0.2, 0.25) is 5.91 Å². The lowest BCUT2D eigenvalue weighted by Crippen LogP contribution is -2.44. The van der Waals surface area contributed by atoms with Crippen LogP contribution in [0, 0.1) is 0 Å². The number of ether oxygens (including phenoxy) is 1. The third kappa shape index (κ3) is 4.10. The summed E-state index contributed by atoms with van der Waals surface area (Å²) in [7, 11) is 1.84. The van der Waals surface area contributed by atoms with Gasteiger partial charge in [0.25, 0.3) is 0 Å². The van der Waals surface area contributed by atoms with Crippen LogP contribution in [-0.2, 0) is 28.4 Å². The first-order valence-electron chi connectivity index (χ1n) is 9.11. The normalized spacial score (nSPS) is 15.1. The highest BCUT2D eigenvalue weighted by molar-refractivity contribution is 7.99. The molecule has 1 N–H and O–H groups in total. The second-order valence-corrected chi connectivity index (χ2v) is 8.39. The van der Waals surface area contributed by atoms with Crippen LogP contribution in [0.2, 0.25) is 0 Å². The number of benzene rings is 1. The van der Waals surface area contributed by atoms with Crippen molar-refractivity contribution in [3.05, 3.63) is 66.1 Å². The molecule has 0 spiro atoms. The molecule has 0 aliphatic carbocycles. The van der Waals surface area contributed by atoms with Crippen molar-refractivity contribution in [3.8, 4) is 0 Å². The molecule has 0 atom stereocenters. The van der Waals surface area contributed by atoms with E-state index in [2.05, 4.69) is 22.3 Å². The molecule has 2 aromatic heterocycles. The summed E-state index contributed by atoms with van der Waals surface area (Å²) in [5, 5.41) is 7.49. The molecule has 0 radical (unpaired) electrons. The van der Waals surface area contributed by atoms with E-state index < -0.39 is 0 Å². The van der Waals surface area contributed by atoms with Crippen molar-refractivity contribution in [1.82, 2.24) is 14.8 Å². The number of hydrogen-bond donors (Lipinski definition) is 1. The number of carbonyl (C=O) groups is 1. The monoisotopic (exact) mass is 394 g/mol. The number of aryl methyl sites for hydroxylation is 1. The second kappa shape index (κ2) is 7.77. The molecule has 1 aliphatic heterocycles. The van der Waals surface area contributed by atoms with E-state index in [4.69, 9.17) is 4.74 Å². The molecule has 4 rings (SSSR count). The quantitative estimate of drug-likeness (QED) is 0.694. The summed E-state index contributed by atoms with van der Waals surface area (Å²) in [4.78, 5) is 18.8. The van der Waals surface area contributed by atoms with Gasteiger partial charge in [0.1, 0.15) is 5.82 Å². The van der Waals surface area contributed by atoms with Crippen LogP contribution in [0.4, 0.5) is 5.82 Å². The van der Waals surface area contributed by atoms with Gasteiger partial charge in [0.05, 0.1) is 30.7 Å². The van der Waals surface area contributed by atoms with Crippen molar-refractivity contribution < 1.29 is 9.53 Å². The van der Waals surface area contributed by atoms with Gasteiger partial charge in [-0.1, -0.05) is 23.9 Å². The average Bonchev–Trinajstić information content (AvgIpc) is 3.03. The molecule has 1 amide bonds. The molecule has 3 aromatic rings. The smallest absolute Gasteiger partial charge is 0.229 e. The number of carbonyl (C=O) groups excluding carboxylic acids is 1. The number of anilines is 1. The molecule has 0 bridgehead atoms. The maximum atomic E-state index is 12.5. The van der Waals surface area contributed by atoms with Gasteiger partial charge in [0, 0.05) is 35.3 Å². The Hall–Kier alpha value is -2.64. The van der Waals surface area contributed by atoms with E-state index in [1.807, 2.05) is 49.5 Å². The molecular weight excluding hydrogens is 372 g/mol. The zero-order valence-corrected chi connectivity index (χ0v) is 16.7. The van der Waals surface area contributed by atoms with Crippen molar-refractivity contribution in [3.63, 3.8) is 0 Å². The highest BCUT2D eigenvalue weighted by Crippen LogP contribution is 2.32. The van der Waals surface area contributed by atoms with Gasteiger partial charge in [-0.3, -0.25) is 14.5 Å². The van der Waals surface area contributed by atoms with E-state index in [1.165, 1.54) is 0 Å². The van der Waals surface area contributed by atoms with Crippen LogP contribution in [0.15, 0.2) is 64.6 Å². The van der Waals surface area contributed by atoms with Crippen LogP contribution >= 0.6 is 11.8 Å². The van der Waals surface area contributed by atoms with Crippen LogP contribution in [-0.4, -0.2) is 33.9 Å². The topological polar surface area (TPSA) is 69.0 Å². The van der Waals surface area contributed by atoms with Gasteiger partial charge >= 0.3 is 0 Å². The third-order valence-corrected chi connectivity index (χ3v) is 5.80. The summed E-state index contributed by atoms with van der Waals surface area (Å²) in [6.07, 6.45) is 3.88. The molecule has 7 heteroatoms. The number of pyridine rings is 1. The van der Waals surface area contributed by atoms with Crippen LogP contribution in [0.5, 0.6) is 0 Å². The fraction of sp³-hybridized carbons (Fsp3) is 0.286. The Labute approximate surface area is 168 Å². The second-order valence-electron chi connectivity index (χ2n) is 7.25. The fourth-order valence-corrected chi connectivity index (χ4v) is 3.83. The number of rotatable bonds is 6. The predicted molar refractivity (Wildman–Crippen MR) is 109 cm³/mol. The third-order valence-electron chi connectivity index (χ3n) is 4.78. The molecule has 1 aromatic carbocycles. The van der Waals surface area contributed by atoms with Crippen LogP contribution in [0.1, 0.15) is 18.2 Å². The first kappa shape index (κ1) is 18.7. The minimum Gasteiger partial charge on any atom is -0.379 e. The van der Waals surface area contributed by atoms with E-state index >= 15 is 0 Å². The lowest BCUT2D eigenvalue weighted by atomic mass is 9.85. The summed E-state index contributed by atoms with van der Waals surface area (Å²) in [6.45, 7) is 3.46. The number of hydrogen-bond acceptors (Lipinski definition) is 5. The van der Waals surface area contributed by atoms with Crippen molar-refractivity contribution in [2.75, 3.05) is 18.5 Å². The van der Waals surface area contributed by atoms with Crippen molar-refractivity contribution in [2.24, 2.45) is 7.05 Å². The maximum Gasteiger partial charge on any atom is 0.229 e. The zero-order valence-electron chi connectivity index (χ0n) is 15.9. The highest BCUT2D eigenvalue weighted by Gasteiger charge is 2.38. The highest BCUT2D eigenvalue weighted by atomic mass is 32.2. The van der Waals surface area contributed by atoms with Crippen molar-refractivity contribution in [2.45, 2.75) is 28.6 Å². The minimum atomic E-state index is -0.0564. The molecule has 144 valence electrons. The lowest BCUT2D eigenvalue weighted by molar-refractivity contribution is -0.115. The predicted octanol–water partition coefficient (Wildman–Crippen LogP) is 3.44. The van der Waals surface area contributed by atoms with Crippen molar-refractivity contribution >= 4 is 23.5 Å². The Kier molecular flexibility index (Phi) is 5.19. The molecule has 28 heavy (non-hydrogen) atoms. The van der Waals surface area contributed by atoms with Crippen LogP contribution in [0.25, 0.3) is 0 Å². The van der Waals surface area contributed by atoms with Gasteiger partial charge in [-0.05, 0) is 36.8 Å². The van der Waals surface area contributed by atoms with Crippen LogP contribution < -0.4 is 5.32 Å². The Morgan fingerprint density at radius 1 is 1.18 bits per heavy atom. The number of aromatic nitrogens is 3. The molecule has 6 nitrogen and oxygen atoms in total. The molecular formula is C21H22N4O2S. The number of amides is 1. The molecule has 1 saturated heterocycles. The van der Waals surface area contributed by atoms with E-state index in [0.29, 0.717) is 25.5 Å². The van der Waals surface area contributed by atoms with Gasteiger partial charge in [-0.25, -0.2) is 0 Å². The molecule has 1 fully saturated rings. The number of nitrogens with zero attached hydrogens (tertiary/aromatic N) is 3. The molecule has 3 heterocycles. The summed E-state index contributed by atoms with van der Waals surface area (Å²) in [5.41, 5.74) is 1.87. The fourth-order valence-electron chi connectivity index (χ4n) is 3.03. The van der Waals surface area contributed by atoms with Gasteiger partial charge < -0.3 is 10.1 Å². The summed E-state index contributed by atoms with van der Waals surface area (Å²) in [6, 6.07) is 13.9. The standard InChI is InChI=1S/C21H22N4O2S/c1-21(13-27-14-21)18-12-19(25(2)24-18)23-20(26)11-15-3-5-16(6-4-15)28-17-7-9-22-10-8-17/h3-10,12H,11,13-14H2,1-2H3,(H,23,26). The van der Waals surface area contributed by atoms with E-state index in [0.717, 1.165) is 21.0 Å². The van der Waals surface area contributed by atoms with E-state index in [1.54, 1.807) is 28.8 Å². The molecule has 1 aliphatic rings. The lowest BCUT2D eigenvalue weighted by Gasteiger charge is -2.36. The molecule has 0 saturated carbocycles. The van der Waals surface area contributed by atoms with E-state index in [-0.39, 0.29) is 11.3 Å². The van der Waals surface area contributed by atoms with E-state index in [9.17, 15) is 4.79 Å².